The Balaban J connectivity index is 1.71. The summed E-state index contributed by atoms with van der Waals surface area (Å²) in [5, 5.41) is 3.06. The summed E-state index contributed by atoms with van der Waals surface area (Å²) in [6.07, 6.45) is 5.85. The Bertz CT molecular complexity index is 556. The molecule has 2 aliphatic rings. The number of hydrogen-bond donors (Lipinski definition) is 1. The van der Waals surface area contributed by atoms with Gasteiger partial charge in [0.25, 0.3) is 0 Å². The largest absolute Gasteiger partial charge is 0.496 e. The third-order valence-corrected chi connectivity index (χ3v) is 4.80. The van der Waals surface area contributed by atoms with Gasteiger partial charge in [0, 0.05) is 31.6 Å². The van der Waals surface area contributed by atoms with E-state index in [9.17, 15) is 4.79 Å². The van der Waals surface area contributed by atoms with Gasteiger partial charge in [-0.1, -0.05) is 6.07 Å². The molecule has 1 heterocycles. The van der Waals surface area contributed by atoms with Gasteiger partial charge >= 0.3 is 0 Å². The molecule has 22 heavy (non-hydrogen) atoms. The average Bonchev–Trinajstić information content (AvgIpc) is 2.93. The number of fused-ring (bicyclic) bond motifs is 1. The van der Waals surface area contributed by atoms with Crippen molar-refractivity contribution in [3.05, 3.63) is 28.8 Å². The normalized spacial score (nSPS) is 21.5. The minimum atomic E-state index is 0.0713. The Morgan fingerprint density at radius 1 is 1.32 bits per heavy atom. The molecule has 1 fully saturated rings. The molecule has 1 saturated heterocycles. The van der Waals surface area contributed by atoms with Crippen molar-refractivity contribution in [1.82, 2.24) is 10.2 Å². The van der Waals surface area contributed by atoms with E-state index in [0.717, 1.165) is 38.2 Å². The minimum absolute atomic E-state index is 0.0713. The Morgan fingerprint density at radius 3 is 2.82 bits per heavy atom. The lowest BCUT2D eigenvalue weighted by Crippen LogP contribution is -2.46. The Hall–Kier alpha value is -1.55. The minimum Gasteiger partial charge on any atom is -0.496 e. The van der Waals surface area contributed by atoms with Crippen molar-refractivity contribution >= 4 is 5.91 Å². The summed E-state index contributed by atoms with van der Waals surface area (Å²) >= 11 is 0. The molecule has 120 valence electrons. The number of amides is 1. The van der Waals surface area contributed by atoms with Crippen LogP contribution in [0.5, 0.6) is 5.75 Å². The Labute approximate surface area is 132 Å². The first-order chi connectivity index (χ1) is 10.7. The summed E-state index contributed by atoms with van der Waals surface area (Å²) in [5.74, 6) is 1.09. The van der Waals surface area contributed by atoms with Gasteiger partial charge < -0.3 is 10.1 Å². The fraction of sp³-hybridized carbons (Fsp3) is 0.611. The number of aryl methyl sites for hydroxylation is 2. The van der Waals surface area contributed by atoms with E-state index < -0.39 is 0 Å². The molecule has 1 amide bonds. The number of hydrogen-bond acceptors (Lipinski definition) is 3. The lowest BCUT2D eigenvalue weighted by Gasteiger charge is -2.33. The second-order valence-electron chi connectivity index (χ2n) is 6.56. The monoisotopic (exact) mass is 302 g/mol. The Kier molecular flexibility index (Phi) is 4.67. The van der Waals surface area contributed by atoms with E-state index in [4.69, 9.17) is 4.74 Å². The second kappa shape index (κ2) is 6.69. The fourth-order valence-corrected chi connectivity index (χ4v) is 3.81. The van der Waals surface area contributed by atoms with Gasteiger partial charge in [-0.05, 0) is 55.8 Å². The molecule has 1 aromatic carbocycles. The van der Waals surface area contributed by atoms with Crippen LogP contribution in [0.2, 0.25) is 0 Å². The molecule has 1 N–H and O–H groups in total. The van der Waals surface area contributed by atoms with Gasteiger partial charge in [0.15, 0.2) is 0 Å². The molecule has 0 saturated carbocycles. The standard InChI is InChI=1S/C18H26N2O2/c1-13(21)19-17-7-4-8-20(12-17)11-16-9-14-5-3-6-15(14)10-18(16)22-2/h9-10,17H,3-8,11-12H2,1-2H3,(H,19,21). The van der Waals surface area contributed by atoms with E-state index in [0.29, 0.717) is 0 Å². The van der Waals surface area contributed by atoms with Gasteiger partial charge in [-0.25, -0.2) is 0 Å². The molecule has 4 nitrogen and oxygen atoms in total. The zero-order chi connectivity index (χ0) is 15.5. The first-order valence-corrected chi connectivity index (χ1v) is 8.34. The van der Waals surface area contributed by atoms with E-state index >= 15 is 0 Å². The van der Waals surface area contributed by atoms with Crippen LogP contribution in [0.15, 0.2) is 12.1 Å². The first kappa shape index (κ1) is 15.3. The maximum atomic E-state index is 11.3. The van der Waals surface area contributed by atoms with Crippen LogP contribution in [-0.4, -0.2) is 37.0 Å². The highest BCUT2D eigenvalue weighted by Crippen LogP contribution is 2.31. The summed E-state index contributed by atoms with van der Waals surface area (Å²) in [6.45, 7) is 4.53. The van der Waals surface area contributed by atoms with Crippen molar-refractivity contribution in [2.45, 2.75) is 51.6 Å². The molecular weight excluding hydrogens is 276 g/mol. The van der Waals surface area contributed by atoms with Crippen molar-refractivity contribution in [2.24, 2.45) is 0 Å². The molecule has 1 atom stereocenters. The summed E-state index contributed by atoms with van der Waals surface area (Å²) in [6, 6.07) is 4.85. The fourth-order valence-electron chi connectivity index (χ4n) is 3.81. The van der Waals surface area contributed by atoms with Crippen LogP contribution in [0, 0.1) is 0 Å². The number of likely N-dealkylation sites (tertiary alicyclic amines) is 1. The van der Waals surface area contributed by atoms with Crippen molar-refractivity contribution < 1.29 is 9.53 Å². The number of benzene rings is 1. The zero-order valence-corrected chi connectivity index (χ0v) is 13.7. The van der Waals surface area contributed by atoms with Crippen LogP contribution in [0.3, 0.4) is 0 Å². The van der Waals surface area contributed by atoms with Crippen LogP contribution in [0.1, 0.15) is 42.9 Å². The van der Waals surface area contributed by atoms with Crippen molar-refractivity contribution in [1.29, 1.82) is 0 Å². The highest BCUT2D eigenvalue weighted by molar-refractivity contribution is 5.73. The summed E-state index contributed by atoms with van der Waals surface area (Å²) in [7, 11) is 1.76. The topological polar surface area (TPSA) is 41.6 Å². The quantitative estimate of drug-likeness (QED) is 0.928. The summed E-state index contributed by atoms with van der Waals surface area (Å²) in [5.41, 5.74) is 4.23. The molecule has 1 aromatic rings. The maximum absolute atomic E-state index is 11.3. The highest BCUT2D eigenvalue weighted by Gasteiger charge is 2.22. The predicted molar refractivity (Wildman–Crippen MR) is 87.1 cm³/mol. The number of rotatable bonds is 4. The van der Waals surface area contributed by atoms with Crippen LogP contribution in [0.4, 0.5) is 0 Å². The summed E-state index contributed by atoms with van der Waals surface area (Å²) < 4.78 is 5.61. The lowest BCUT2D eigenvalue weighted by molar-refractivity contribution is -0.120. The molecule has 3 rings (SSSR count). The zero-order valence-electron chi connectivity index (χ0n) is 13.7. The number of ether oxygens (including phenoxy) is 1. The van der Waals surface area contributed by atoms with Crippen molar-refractivity contribution in [3.63, 3.8) is 0 Å². The van der Waals surface area contributed by atoms with E-state index in [-0.39, 0.29) is 11.9 Å². The Morgan fingerprint density at radius 2 is 2.09 bits per heavy atom. The molecule has 1 aliphatic carbocycles. The van der Waals surface area contributed by atoms with Gasteiger partial charge in [-0.2, -0.15) is 0 Å². The number of nitrogens with one attached hydrogen (secondary N) is 1. The van der Waals surface area contributed by atoms with Gasteiger partial charge in [0.05, 0.1) is 7.11 Å². The van der Waals surface area contributed by atoms with Crippen molar-refractivity contribution in [2.75, 3.05) is 20.2 Å². The molecule has 4 heteroatoms. The van der Waals surface area contributed by atoms with Crippen LogP contribution in [0.25, 0.3) is 0 Å². The predicted octanol–water partition coefficient (Wildman–Crippen LogP) is 2.28. The van der Waals surface area contributed by atoms with E-state index in [1.54, 1.807) is 14.0 Å². The number of piperidine rings is 1. The van der Waals surface area contributed by atoms with Crippen LogP contribution < -0.4 is 10.1 Å². The van der Waals surface area contributed by atoms with E-state index in [1.807, 2.05) is 0 Å². The van der Waals surface area contributed by atoms with Crippen LogP contribution in [-0.2, 0) is 24.2 Å². The maximum Gasteiger partial charge on any atom is 0.217 e. The van der Waals surface area contributed by atoms with Crippen molar-refractivity contribution in [3.8, 4) is 5.75 Å². The second-order valence-corrected chi connectivity index (χ2v) is 6.56. The number of methoxy groups -OCH3 is 1. The number of carbonyl (C=O) groups excluding carboxylic acids is 1. The average molecular weight is 302 g/mol. The number of nitrogens with zero attached hydrogens (tertiary/aromatic N) is 1. The smallest absolute Gasteiger partial charge is 0.217 e. The molecule has 0 radical (unpaired) electrons. The summed E-state index contributed by atoms with van der Waals surface area (Å²) in [4.78, 5) is 13.7. The first-order valence-electron chi connectivity index (χ1n) is 8.34. The van der Waals surface area contributed by atoms with Gasteiger partial charge in [0.2, 0.25) is 5.91 Å². The lowest BCUT2D eigenvalue weighted by atomic mass is 10.0. The third-order valence-electron chi connectivity index (χ3n) is 4.80. The molecular formula is C18H26N2O2. The highest BCUT2D eigenvalue weighted by atomic mass is 16.5. The van der Waals surface area contributed by atoms with Gasteiger partial charge in [-0.15, -0.1) is 0 Å². The molecule has 0 bridgehead atoms. The third kappa shape index (κ3) is 3.43. The molecule has 1 aliphatic heterocycles. The molecule has 0 aromatic heterocycles. The SMILES string of the molecule is COc1cc2c(cc1CN1CCCC(NC(C)=O)C1)CCC2. The molecule has 0 spiro atoms. The van der Waals surface area contributed by atoms with Gasteiger partial charge in [0.1, 0.15) is 5.75 Å². The van der Waals surface area contributed by atoms with E-state index in [1.165, 1.54) is 36.0 Å². The van der Waals surface area contributed by atoms with E-state index in [2.05, 4.69) is 22.3 Å². The van der Waals surface area contributed by atoms with Crippen LogP contribution >= 0.6 is 0 Å². The molecule has 1 unspecified atom stereocenters. The van der Waals surface area contributed by atoms with Gasteiger partial charge in [-0.3, -0.25) is 9.69 Å². The number of carbonyl (C=O) groups is 1.